The Morgan fingerprint density at radius 3 is 2.21 bits per heavy atom. The summed E-state index contributed by atoms with van der Waals surface area (Å²) in [7, 11) is 0. The fourth-order valence-corrected chi connectivity index (χ4v) is 3.52. The smallest absolute Gasteiger partial charge is 0.242 e. The quantitative estimate of drug-likeness (QED) is 0.648. The third kappa shape index (κ3) is 6.45. The van der Waals surface area contributed by atoms with Crippen LogP contribution in [0.2, 0.25) is 0 Å². The molecule has 0 spiro atoms. The van der Waals surface area contributed by atoms with Gasteiger partial charge in [0.15, 0.2) is 0 Å². The number of nitrogens with one attached hydrogen (secondary N) is 1. The van der Waals surface area contributed by atoms with Crippen LogP contribution in [0.15, 0.2) is 48.5 Å². The molecule has 156 valence electrons. The molecule has 0 aliphatic carbocycles. The first-order chi connectivity index (χ1) is 14.0. The zero-order valence-electron chi connectivity index (χ0n) is 18.2. The first-order valence-electron chi connectivity index (χ1n) is 10.7. The van der Waals surface area contributed by atoms with Gasteiger partial charge in [-0.25, -0.2) is 0 Å². The Balaban J connectivity index is 2.18. The van der Waals surface area contributed by atoms with Crippen LogP contribution in [0, 0.1) is 6.92 Å². The van der Waals surface area contributed by atoms with E-state index >= 15 is 0 Å². The molecule has 1 unspecified atom stereocenters. The van der Waals surface area contributed by atoms with E-state index in [1.807, 2.05) is 45.0 Å². The molecule has 0 bridgehead atoms. The molecule has 29 heavy (non-hydrogen) atoms. The molecular formula is C25H34N2O2. The monoisotopic (exact) mass is 394 g/mol. The predicted octanol–water partition coefficient (Wildman–Crippen LogP) is 4.43. The lowest BCUT2D eigenvalue weighted by Gasteiger charge is -2.31. The van der Waals surface area contributed by atoms with E-state index in [0.29, 0.717) is 32.4 Å². The van der Waals surface area contributed by atoms with Crippen LogP contribution in [0.5, 0.6) is 0 Å². The Morgan fingerprint density at radius 2 is 1.62 bits per heavy atom. The summed E-state index contributed by atoms with van der Waals surface area (Å²) in [5, 5.41) is 2.89. The van der Waals surface area contributed by atoms with E-state index in [2.05, 4.69) is 36.5 Å². The largest absolute Gasteiger partial charge is 0.355 e. The molecule has 1 N–H and O–H groups in total. The van der Waals surface area contributed by atoms with Gasteiger partial charge in [-0.1, -0.05) is 62.4 Å². The molecule has 4 heteroatoms. The summed E-state index contributed by atoms with van der Waals surface area (Å²) in [5.41, 5.74) is 4.66. The minimum atomic E-state index is -0.454. The van der Waals surface area contributed by atoms with Crippen LogP contribution in [0.1, 0.15) is 55.9 Å². The lowest BCUT2D eigenvalue weighted by atomic mass is 10.0. The minimum absolute atomic E-state index is 0.0194. The van der Waals surface area contributed by atoms with Gasteiger partial charge in [-0.15, -0.1) is 0 Å². The maximum atomic E-state index is 13.2. The molecule has 0 saturated carbocycles. The Kier molecular flexibility index (Phi) is 8.91. The van der Waals surface area contributed by atoms with Crippen LogP contribution < -0.4 is 5.32 Å². The molecule has 0 radical (unpaired) electrons. The van der Waals surface area contributed by atoms with Crippen LogP contribution in [0.4, 0.5) is 0 Å². The number of benzene rings is 2. The number of carbonyl (C=O) groups is 2. The number of rotatable bonds is 10. The number of likely N-dealkylation sites (N-methyl/N-ethyl adjacent to an activating group) is 1. The van der Waals surface area contributed by atoms with Gasteiger partial charge in [0, 0.05) is 19.5 Å². The van der Waals surface area contributed by atoms with Gasteiger partial charge in [0.2, 0.25) is 11.8 Å². The number of hydrogen-bond donors (Lipinski definition) is 1. The predicted molar refractivity (Wildman–Crippen MR) is 119 cm³/mol. The van der Waals surface area contributed by atoms with Crippen molar-refractivity contribution in [3.8, 4) is 0 Å². The van der Waals surface area contributed by atoms with Crippen molar-refractivity contribution in [2.24, 2.45) is 0 Å². The zero-order chi connectivity index (χ0) is 21.2. The molecule has 2 amide bonds. The van der Waals surface area contributed by atoms with Crippen LogP contribution in [0.3, 0.4) is 0 Å². The Morgan fingerprint density at radius 1 is 0.966 bits per heavy atom. The van der Waals surface area contributed by atoms with Crippen molar-refractivity contribution in [1.29, 1.82) is 0 Å². The van der Waals surface area contributed by atoms with Crippen molar-refractivity contribution in [2.75, 3.05) is 6.54 Å². The molecule has 0 fully saturated rings. The van der Waals surface area contributed by atoms with E-state index in [9.17, 15) is 9.59 Å². The Hall–Kier alpha value is -2.62. The normalized spacial score (nSPS) is 11.7. The van der Waals surface area contributed by atoms with E-state index in [0.717, 1.165) is 23.1 Å². The molecule has 2 rings (SSSR count). The molecule has 2 aromatic carbocycles. The van der Waals surface area contributed by atoms with Crippen LogP contribution in [-0.2, 0) is 29.0 Å². The molecule has 0 aromatic heterocycles. The molecule has 0 aliphatic heterocycles. The van der Waals surface area contributed by atoms with Gasteiger partial charge in [-0.05, 0) is 55.4 Å². The van der Waals surface area contributed by atoms with E-state index in [4.69, 9.17) is 0 Å². The van der Waals surface area contributed by atoms with Gasteiger partial charge in [0.1, 0.15) is 6.04 Å². The third-order valence-corrected chi connectivity index (χ3v) is 5.40. The van der Waals surface area contributed by atoms with Gasteiger partial charge in [-0.3, -0.25) is 9.59 Å². The molecule has 4 nitrogen and oxygen atoms in total. The van der Waals surface area contributed by atoms with Gasteiger partial charge >= 0.3 is 0 Å². The maximum absolute atomic E-state index is 13.2. The van der Waals surface area contributed by atoms with Crippen molar-refractivity contribution < 1.29 is 9.59 Å². The number of aryl methyl sites for hydroxylation is 3. The highest BCUT2D eigenvalue weighted by Crippen LogP contribution is 2.17. The number of hydrogen-bond acceptors (Lipinski definition) is 2. The first kappa shape index (κ1) is 22.7. The van der Waals surface area contributed by atoms with Crippen LogP contribution in [-0.4, -0.2) is 29.3 Å². The summed E-state index contributed by atoms with van der Waals surface area (Å²) in [6, 6.07) is 16.0. The SMILES string of the molecule is CCNC(=O)C(CC)N(Cc1ccccc1C)C(=O)CCc1ccc(CC)cc1. The molecule has 2 aromatic rings. The highest BCUT2D eigenvalue weighted by atomic mass is 16.2. The Labute approximate surface area is 175 Å². The Bertz CT molecular complexity index is 799. The summed E-state index contributed by atoms with van der Waals surface area (Å²) in [6.07, 6.45) is 2.68. The van der Waals surface area contributed by atoms with Crippen molar-refractivity contribution in [1.82, 2.24) is 10.2 Å². The van der Waals surface area contributed by atoms with E-state index in [1.165, 1.54) is 5.56 Å². The fraction of sp³-hybridized carbons (Fsp3) is 0.440. The number of nitrogens with zero attached hydrogens (tertiary/aromatic N) is 1. The molecule has 1 atom stereocenters. The summed E-state index contributed by atoms with van der Waals surface area (Å²) in [4.78, 5) is 27.6. The van der Waals surface area contributed by atoms with E-state index in [1.54, 1.807) is 4.90 Å². The van der Waals surface area contributed by atoms with Crippen molar-refractivity contribution in [2.45, 2.75) is 66.0 Å². The summed E-state index contributed by atoms with van der Waals surface area (Å²) >= 11 is 0. The highest BCUT2D eigenvalue weighted by molar-refractivity contribution is 5.87. The van der Waals surface area contributed by atoms with Crippen LogP contribution in [0.25, 0.3) is 0 Å². The standard InChI is InChI=1S/C25H34N2O2/c1-5-20-12-14-21(15-13-20)16-17-24(28)27(23(6-2)25(29)26-7-3)18-22-11-9-8-10-19(22)4/h8-15,23H,5-7,16-18H2,1-4H3,(H,26,29). The number of carbonyl (C=O) groups excluding carboxylic acids is 2. The minimum Gasteiger partial charge on any atom is -0.355 e. The second kappa shape index (κ2) is 11.4. The lowest BCUT2D eigenvalue weighted by molar-refractivity contribution is -0.141. The summed E-state index contributed by atoms with van der Waals surface area (Å²) < 4.78 is 0. The van der Waals surface area contributed by atoms with Gasteiger partial charge in [0.25, 0.3) is 0 Å². The summed E-state index contributed by atoms with van der Waals surface area (Å²) in [5.74, 6) is -0.0600. The third-order valence-electron chi connectivity index (χ3n) is 5.40. The molecule has 0 heterocycles. The molecule has 0 saturated heterocycles. The molecular weight excluding hydrogens is 360 g/mol. The fourth-order valence-electron chi connectivity index (χ4n) is 3.52. The topological polar surface area (TPSA) is 49.4 Å². The van der Waals surface area contributed by atoms with Crippen molar-refractivity contribution >= 4 is 11.8 Å². The van der Waals surface area contributed by atoms with E-state index in [-0.39, 0.29) is 11.8 Å². The number of amides is 2. The summed E-state index contributed by atoms with van der Waals surface area (Å²) in [6.45, 7) is 9.05. The van der Waals surface area contributed by atoms with Crippen LogP contribution >= 0.6 is 0 Å². The van der Waals surface area contributed by atoms with Crippen molar-refractivity contribution in [3.05, 3.63) is 70.8 Å². The van der Waals surface area contributed by atoms with Crippen molar-refractivity contribution in [3.63, 3.8) is 0 Å². The van der Waals surface area contributed by atoms with E-state index < -0.39 is 6.04 Å². The second-order valence-corrected chi connectivity index (χ2v) is 7.44. The molecule has 0 aliphatic rings. The highest BCUT2D eigenvalue weighted by Gasteiger charge is 2.28. The second-order valence-electron chi connectivity index (χ2n) is 7.44. The van der Waals surface area contributed by atoms with Gasteiger partial charge in [-0.2, -0.15) is 0 Å². The maximum Gasteiger partial charge on any atom is 0.242 e. The van der Waals surface area contributed by atoms with Gasteiger partial charge in [0.05, 0.1) is 0 Å². The lowest BCUT2D eigenvalue weighted by Crippen LogP contribution is -2.49. The average molecular weight is 395 g/mol. The average Bonchev–Trinajstić information content (AvgIpc) is 2.73. The zero-order valence-corrected chi connectivity index (χ0v) is 18.2. The first-order valence-corrected chi connectivity index (χ1v) is 10.7. The van der Waals surface area contributed by atoms with Gasteiger partial charge < -0.3 is 10.2 Å².